The lowest BCUT2D eigenvalue weighted by atomic mass is 10.2. The molecule has 0 unspecified atom stereocenters. The van der Waals surface area contributed by atoms with Crippen LogP contribution in [-0.2, 0) is 0 Å². The molecule has 0 saturated heterocycles. The Hall–Kier alpha value is -4.46. The number of aromatic amines is 1. The third-order valence-corrected chi connectivity index (χ3v) is 4.77. The summed E-state index contributed by atoms with van der Waals surface area (Å²) < 4.78 is 0. The molecule has 0 aliphatic heterocycles. The van der Waals surface area contributed by atoms with E-state index < -0.39 is 0 Å². The minimum Gasteiger partial charge on any atom is -0.368 e. The number of nitrogen functional groups attached to an aromatic ring is 1. The van der Waals surface area contributed by atoms with E-state index >= 15 is 0 Å². The molecule has 31 heavy (non-hydrogen) atoms. The first-order chi connectivity index (χ1) is 15.1. The highest BCUT2D eigenvalue weighted by molar-refractivity contribution is 5.83. The summed E-state index contributed by atoms with van der Waals surface area (Å²) in [5, 5.41) is 6.61. The quantitative estimate of drug-likeness (QED) is 0.330. The van der Waals surface area contributed by atoms with Gasteiger partial charge >= 0.3 is 0 Å². The Balaban J connectivity index is 1.36. The van der Waals surface area contributed by atoms with Crippen LogP contribution in [0.25, 0.3) is 22.4 Å². The van der Waals surface area contributed by atoms with Gasteiger partial charge in [0.25, 0.3) is 0 Å². The van der Waals surface area contributed by atoms with Gasteiger partial charge in [0.2, 0.25) is 5.95 Å². The third-order valence-electron chi connectivity index (χ3n) is 4.77. The van der Waals surface area contributed by atoms with Gasteiger partial charge in [-0.2, -0.15) is 4.98 Å². The fourth-order valence-corrected chi connectivity index (χ4v) is 3.31. The lowest BCUT2D eigenvalue weighted by Gasteiger charge is -2.07. The van der Waals surface area contributed by atoms with Crippen LogP contribution in [-0.4, -0.2) is 24.9 Å². The first-order valence-corrected chi connectivity index (χ1v) is 9.78. The van der Waals surface area contributed by atoms with Crippen LogP contribution in [0, 0.1) is 6.92 Å². The molecule has 8 heteroatoms. The van der Waals surface area contributed by atoms with Crippen molar-refractivity contribution < 1.29 is 0 Å². The van der Waals surface area contributed by atoms with Gasteiger partial charge in [0, 0.05) is 40.7 Å². The topological polar surface area (TPSA) is 117 Å². The van der Waals surface area contributed by atoms with Crippen LogP contribution in [0.15, 0.2) is 73.1 Å². The van der Waals surface area contributed by atoms with Crippen LogP contribution in [0.2, 0.25) is 0 Å². The molecule has 0 fully saturated rings. The Morgan fingerprint density at radius 3 is 2.35 bits per heavy atom. The SMILES string of the molecule is Cc1cc(Nc2ccc(-c3nc4cc(Nc5ccnc(N)n5)ccc4[nH]3)cc2)ccn1. The second-order valence-corrected chi connectivity index (χ2v) is 7.13. The lowest BCUT2D eigenvalue weighted by Crippen LogP contribution is -1.98. The Morgan fingerprint density at radius 1 is 0.774 bits per heavy atom. The van der Waals surface area contributed by atoms with Crippen molar-refractivity contribution in [3.63, 3.8) is 0 Å². The number of fused-ring (bicyclic) bond motifs is 1. The summed E-state index contributed by atoms with van der Waals surface area (Å²) in [4.78, 5) is 20.4. The van der Waals surface area contributed by atoms with Gasteiger partial charge in [-0.1, -0.05) is 0 Å². The molecule has 5 N–H and O–H groups in total. The average Bonchev–Trinajstić information content (AvgIpc) is 3.18. The van der Waals surface area contributed by atoms with Gasteiger partial charge in [0.1, 0.15) is 11.6 Å². The molecule has 0 spiro atoms. The number of rotatable bonds is 5. The molecule has 152 valence electrons. The van der Waals surface area contributed by atoms with Gasteiger partial charge in [-0.15, -0.1) is 0 Å². The largest absolute Gasteiger partial charge is 0.368 e. The van der Waals surface area contributed by atoms with Gasteiger partial charge in [0.15, 0.2) is 0 Å². The molecular weight excluding hydrogens is 388 g/mol. The Kier molecular flexibility index (Phi) is 4.64. The Labute approximate surface area is 178 Å². The first-order valence-electron chi connectivity index (χ1n) is 9.78. The van der Waals surface area contributed by atoms with Gasteiger partial charge in [-0.3, -0.25) is 4.98 Å². The Morgan fingerprint density at radius 2 is 1.55 bits per heavy atom. The number of anilines is 5. The molecule has 0 aliphatic carbocycles. The fraction of sp³-hybridized carbons (Fsp3) is 0.0435. The van der Waals surface area contributed by atoms with Crippen molar-refractivity contribution in [2.75, 3.05) is 16.4 Å². The summed E-state index contributed by atoms with van der Waals surface area (Å²) in [6, 6.07) is 19.8. The molecule has 3 heterocycles. The highest BCUT2D eigenvalue weighted by Gasteiger charge is 2.07. The number of pyridine rings is 1. The van der Waals surface area contributed by atoms with Gasteiger partial charge in [-0.05, 0) is 67.6 Å². The highest BCUT2D eigenvalue weighted by atomic mass is 15.1. The molecule has 3 aromatic heterocycles. The predicted octanol–water partition coefficient (Wildman–Crippen LogP) is 4.79. The summed E-state index contributed by atoms with van der Waals surface area (Å²) in [5.41, 5.74) is 12.3. The molecule has 0 radical (unpaired) electrons. The molecule has 5 rings (SSSR count). The maximum absolute atomic E-state index is 5.64. The van der Waals surface area contributed by atoms with Crippen LogP contribution in [0.5, 0.6) is 0 Å². The summed E-state index contributed by atoms with van der Waals surface area (Å²) >= 11 is 0. The number of aromatic nitrogens is 5. The van der Waals surface area contributed by atoms with Crippen LogP contribution >= 0.6 is 0 Å². The predicted molar refractivity (Wildman–Crippen MR) is 124 cm³/mol. The summed E-state index contributed by atoms with van der Waals surface area (Å²) in [5.74, 6) is 1.67. The van der Waals surface area contributed by atoms with Crippen LogP contribution < -0.4 is 16.4 Å². The number of nitrogens with two attached hydrogens (primary N) is 1. The molecule has 0 saturated carbocycles. The number of nitrogens with one attached hydrogen (secondary N) is 3. The van der Waals surface area contributed by atoms with Gasteiger partial charge in [-0.25, -0.2) is 9.97 Å². The van der Waals surface area contributed by atoms with E-state index in [2.05, 4.69) is 30.6 Å². The van der Waals surface area contributed by atoms with E-state index in [1.54, 1.807) is 18.5 Å². The van der Waals surface area contributed by atoms with Crippen LogP contribution in [0.1, 0.15) is 5.69 Å². The van der Waals surface area contributed by atoms with Crippen molar-refractivity contribution in [3.8, 4) is 11.4 Å². The van der Waals surface area contributed by atoms with Crippen LogP contribution in [0.4, 0.5) is 28.8 Å². The van der Waals surface area contributed by atoms with E-state index in [4.69, 9.17) is 10.7 Å². The van der Waals surface area contributed by atoms with Crippen molar-refractivity contribution >= 4 is 39.9 Å². The van der Waals surface area contributed by atoms with E-state index in [1.807, 2.05) is 61.5 Å². The zero-order chi connectivity index (χ0) is 21.2. The molecular formula is C23H20N8. The maximum Gasteiger partial charge on any atom is 0.221 e. The zero-order valence-electron chi connectivity index (χ0n) is 16.8. The molecule has 5 aromatic rings. The van der Waals surface area contributed by atoms with Crippen molar-refractivity contribution in [3.05, 3.63) is 78.8 Å². The average molecular weight is 408 g/mol. The van der Waals surface area contributed by atoms with E-state index in [9.17, 15) is 0 Å². The van der Waals surface area contributed by atoms with Crippen LogP contribution in [0.3, 0.4) is 0 Å². The normalized spacial score (nSPS) is 10.9. The van der Waals surface area contributed by atoms with Gasteiger partial charge in [0.05, 0.1) is 11.0 Å². The second kappa shape index (κ2) is 7.75. The molecule has 0 aliphatic rings. The Bertz CT molecular complexity index is 1360. The summed E-state index contributed by atoms with van der Waals surface area (Å²) in [6.45, 7) is 1.97. The maximum atomic E-state index is 5.64. The smallest absolute Gasteiger partial charge is 0.221 e. The van der Waals surface area contributed by atoms with E-state index in [1.165, 1.54) is 0 Å². The molecule has 2 aromatic carbocycles. The van der Waals surface area contributed by atoms with E-state index in [-0.39, 0.29) is 5.95 Å². The number of benzene rings is 2. The minimum atomic E-state index is 0.227. The van der Waals surface area contributed by atoms with E-state index in [0.717, 1.165) is 45.2 Å². The summed E-state index contributed by atoms with van der Waals surface area (Å²) in [6.07, 6.45) is 3.41. The zero-order valence-corrected chi connectivity index (χ0v) is 16.8. The number of H-pyrrole nitrogens is 1. The van der Waals surface area contributed by atoms with Crippen molar-refractivity contribution in [1.29, 1.82) is 0 Å². The molecule has 0 bridgehead atoms. The number of aryl methyl sites for hydroxylation is 1. The molecule has 0 amide bonds. The number of hydrogen-bond acceptors (Lipinski definition) is 7. The van der Waals surface area contributed by atoms with Crippen molar-refractivity contribution in [1.82, 2.24) is 24.9 Å². The number of imidazole rings is 1. The number of nitrogens with zero attached hydrogens (tertiary/aromatic N) is 4. The van der Waals surface area contributed by atoms with Crippen molar-refractivity contribution in [2.24, 2.45) is 0 Å². The van der Waals surface area contributed by atoms with E-state index in [0.29, 0.717) is 5.82 Å². The third kappa shape index (κ3) is 4.13. The van der Waals surface area contributed by atoms with Gasteiger partial charge < -0.3 is 21.4 Å². The fourth-order valence-electron chi connectivity index (χ4n) is 3.31. The molecule has 0 atom stereocenters. The molecule has 8 nitrogen and oxygen atoms in total. The highest BCUT2D eigenvalue weighted by Crippen LogP contribution is 2.26. The lowest BCUT2D eigenvalue weighted by molar-refractivity contribution is 1.18. The second-order valence-electron chi connectivity index (χ2n) is 7.13. The van der Waals surface area contributed by atoms with Crippen molar-refractivity contribution in [2.45, 2.75) is 6.92 Å². The monoisotopic (exact) mass is 408 g/mol. The summed E-state index contributed by atoms with van der Waals surface area (Å²) in [7, 11) is 0. The minimum absolute atomic E-state index is 0.227. The number of hydrogen-bond donors (Lipinski definition) is 4. The standard InChI is InChI=1S/C23H20N8/c1-14-12-18(8-10-25-14)27-16-4-2-15(3-5-16)22-29-19-7-6-17(13-20(19)30-22)28-21-9-11-26-23(24)31-21/h2-13H,1H3,(H,25,27)(H,29,30)(H3,24,26,28,31). The first kappa shape index (κ1) is 18.6.